The first kappa shape index (κ1) is 36.9. The predicted octanol–water partition coefficient (Wildman–Crippen LogP) is 7.64. The number of carbonyl (C=O) groups is 3. The highest BCUT2D eigenvalue weighted by Crippen LogP contribution is 2.30. The number of aromatic hydroxyl groups is 2. The Balaban J connectivity index is 2.12. The van der Waals surface area contributed by atoms with Gasteiger partial charge in [-0.05, 0) is 100 Å². The molecule has 0 aliphatic rings. The van der Waals surface area contributed by atoms with Crippen molar-refractivity contribution < 1.29 is 29.3 Å². The van der Waals surface area contributed by atoms with Crippen molar-refractivity contribution in [3.05, 3.63) is 88.5 Å². The molecule has 47 heavy (non-hydrogen) atoms. The van der Waals surface area contributed by atoms with Crippen LogP contribution in [0.4, 0.5) is 10.5 Å². The van der Waals surface area contributed by atoms with Gasteiger partial charge in [0.15, 0.2) is 0 Å². The minimum atomic E-state index is -1.08. The zero-order valence-corrected chi connectivity index (χ0v) is 28.9. The number of aryl methyl sites for hydroxylation is 3. The van der Waals surface area contributed by atoms with Gasteiger partial charge in [-0.1, -0.05) is 69.0 Å². The average molecular weight is 646 g/mol. The van der Waals surface area contributed by atoms with Crippen LogP contribution in [0, 0.1) is 20.8 Å². The Morgan fingerprint density at radius 1 is 0.851 bits per heavy atom. The fourth-order valence-electron chi connectivity index (χ4n) is 5.49. The SMILES string of the molecule is CCCCCCCN(C(=O)C(Cc1ccc(O)cc1)NC(=O)OC(C)(C)C)C(C(=O)Nc1c(C)cccc1C)c1ccc(O)c(C)c1. The third-order valence-electron chi connectivity index (χ3n) is 7.98. The number of benzene rings is 3. The molecule has 3 amide bonds. The lowest BCUT2D eigenvalue weighted by Gasteiger charge is -2.35. The van der Waals surface area contributed by atoms with Crippen LogP contribution in [-0.2, 0) is 20.7 Å². The molecule has 0 heterocycles. The molecule has 4 N–H and O–H groups in total. The molecule has 0 radical (unpaired) electrons. The van der Waals surface area contributed by atoms with E-state index in [1.165, 1.54) is 18.2 Å². The highest BCUT2D eigenvalue weighted by Gasteiger charge is 2.37. The maximum Gasteiger partial charge on any atom is 0.408 e. The van der Waals surface area contributed by atoms with Crippen LogP contribution in [0.25, 0.3) is 0 Å². The van der Waals surface area contributed by atoms with E-state index in [2.05, 4.69) is 17.6 Å². The van der Waals surface area contributed by atoms with E-state index >= 15 is 0 Å². The van der Waals surface area contributed by atoms with Crippen LogP contribution < -0.4 is 10.6 Å². The molecule has 2 atom stereocenters. The zero-order valence-electron chi connectivity index (χ0n) is 28.9. The van der Waals surface area contributed by atoms with E-state index in [1.54, 1.807) is 56.9 Å². The fraction of sp³-hybridized carbons (Fsp3) is 0.447. The fourth-order valence-corrected chi connectivity index (χ4v) is 5.49. The van der Waals surface area contributed by atoms with Crippen molar-refractivity contribution in [2.24, 2.45) is 0 Å². The molecular formula is C38H51N3O6. The van der Waals surface area contributed by atoms with E-state index in [-0.39, 0.29) is 24.5 Å². The number of hydrogen-bond acceptors (Lipinski definition) is 6. The smallest absolute Gasteiger partial charge is 0.408 e. The number of unbranched alkanes of at least 4 members (excludes halogenated alkanes) is 4. The molecule has 0 saturated heterocycles. The van der Waals surface area contributed by atoms with Gasteiger partial charge in [0.1, 0.15) is 29.2 Å². The first-order valence-electron chi connectivity index (χ1n) is 16.4. The minimum Gasteiger partial charge on any atom is -0.508 e. The molecule has 0 aliphatic heterocycles. The first-order chi connectivity index (χ1) is 22.2. The Morgan fingerprint density at radius 3 is 2.09 bits per heavy atom. The summed E-state index contributed by atoms with van der Waals surface area (Å²) in [7, 11) is 0. The molecule has 3 aromatic carbocycles. The monoisotopic (exact) mass is 645 g/mol. The second-order valence-corrected chi connectivity index (χ2v) is 13.2. The molecule has 0 spiro atoms. The van der Waals surface area contributed by atoms with Gasteiger partial charge in [0.05, 0.1) is 0 Å². The number of anilines is 1. The number of amides is 3. The zero-order chi connectivity index (χ0) is 34.7. The third kappa shape index (κ3) is 11.0. The van der Waals surface area contributed by atoms with Crippen LogP contribution in [0.1, 0.15) is 93.7 Å². The third-order valence-corrected chi connectivity index (χ3v) is 7.98. The highest BCUT2D eigenvalue weighted by molar-refractivity contribution is 6.00. The van der Waals surface area contributed by atoms with Gasteiger partial charge in [0.2, 0.25) is 5.91 Å². The molecule has 9 heteroatoms. The number of alkyl carbamates (subject to hydrolysis) is 1. The van der Waals surface area contributed by atoms with Gasteiger partial charge in [0.25, 0.3) is 5.91 Å². The van der Waals surface area contributed by atoms with Crippen molar-refractivity contribution in [3.63, 3.8) is 0 Å². The van der Waals surface area contributed by atoms with E-state index < -0.39 is 35.6 Å². The number of nitrogens with one attached hydrogen (secondary N) is 2. The molecule has 0 fully saturated rings. The molecule has 2 unspecified atom stereocenters. The van der Waals surface area contributed by atoms with Crippen LogP contribution >= 0.6 is 0 Å². The topological polar surface area (TPSA) is 128 Å². The summed E-state index contributed by atoms with van der Waals surface area (Å²) in [5, 5.41) is 26.1. The summed E-state index contributed by atoms with van der Waals surface area (Å²) in [6.07, 6.45) is 3.96. The molecule has 0 bridgehead atoms. The van der Waals surface area contributed by atoms with Crippen LogP contribution in [0.15, 0.2) is 60.7 Å². The van der Waals surface area contributed by atoms with Crippen molar-refractivity contribution in [1.29, 1.82) is 0 Å². The van der Waals surface area contributed by atoms with Gasteiger partial charge in [-0.3, -0.25) is 9.59 Å². The highest BCUT2D eigenvalue weighted by atomic mass is 16.6. The number of ether oxygens (including phenoxy) is 1. The summed E-state index contributed by atoms with van der Waals surface area (Å²) in [5.74, 6) is -0.699. The molecule has 3 aromatic rings. The van der Waals surface area contributed by atoms with E-state index in [1.807, 2.05) is 32.0 Å². The van der Waals surface area contributed by atoms with Crippen LogP contribution in [-0.4, -0.2) is 51.2 Å². The maximum absolute atomic E-state index is 14.8. The summed E-state index contributed by atoms with van der Waals surface area (Å²) in [5.41, 5.74) is 3.44. The molecule has 254 valence electrons. The van der Waals surface area contributed by atoms with E-state index in [0.717, 1.165) is 36.8 Å². The molecule has 9 nitrogen and oxygen atoms in total. The van der Waals surface area contributed by atoms with Gasteiger partial charge in [-0.2, -0.15) is 0 Å². The van der Waals surface area contributed by atoms with Crippen LogP contribution in [0.5, 0.6) is 11.5 Å². The number of para-hydroxylation sites is 1. The summed E-state index contributed by atoms with van der Waals surface area (Å²) in [6, 6.07) is 14.9. The number of rotatable bonds is 14. The number of phenols is 2. The van der Waals surface area contributed by atoms with E-state index in [9.17, 15) is 24.6 Å². The van der Waals surface area contributed by atoms with Crippen molar-refractivity contribution in [3.8, 4) is 11.5 Å². The van der Waals surface area contributed by atoms with Gasteiger partial charge in [-0.25, -0.2) is 4.79 Å². The number of nitrogens with zero attached hydrogens (tertiary/aromatic N) is 1. The molecule has 0 aromatic heterocycles. The second kappa shape index (κ2) is 16.9. The summed E-state index contributed by atoms with van der Waals surface area (Å²) < 4.78 is 5.54. The van der Waals surface area contributed by atoms with Crippen molar-refractivity contribution in [2.75, 3.05) is 11.9 Å². The largest absolute Gasteiger partial charge is 0.508 e. The summed E-state index contributed by atoms with van der Waals surface area (Å²) in [6.45, 7) is 13.2. The Morgan fingerprint density at radius 2 is 1.49 bits per heavy atom. The minimum absolute atomic E-state index is 0.0800. The van der Waals surface area contributed by atoms with Crippen molar-refractivity contribution in [1.82, 2.24) is 10.2 Å². The Kier molecular flexibility index (Phi) is 13.2. The summed E-state index contributed by atoms with van der Waals surface area (Å²) in [4.78, 5) is 43.8. The number of carbonyl (C=O) groups excluding carboxylic acids is 3. The van der Waals surface area contributed by atoms with E-state index in [4.69, 9.17) is 4.74 Å². The number of phenolic OH excluding ortho intramolecular Hbond substituents is 2. The van der Waals surface area contributed by atoms with E-state index in [0.29, 0.717) is 28.8 Å². The quantitative estimate of drug-likeness (QED) is 0.133. The molecule has 0 saturated carbocycles. The lowest BCUT2D eigenvalue weighted by molar-refractivity contribution is -0.140. The first-order valence-corrected chi connectivity index (χ1v) is 16.4. The maximum atomic E-state index is 14.8. The number of hydrogen-bond donors (Lipinski definition) is 4. The van der Waals surface area contributed by atoms with Crippen molar-refractivity contribution in [2.45, 2.75) is 105 Å². The second-order valence-electron chi connectivity index (χ2n) is 13.2. The lowest BCUT2D eigenvalue weighted by Crippen LogP contribution is -2.53. The van der Waals surface area contributed by atoms with Crippen LogP contribution in [0.3, 0.4) is 0 Å². The average Bonchev–Trinajstić information content (AvgIpc) is 2.99. The van der Waals surface area contributed by atoms with Crippen molar-refractivity contribution >= 4 is 23.6 Å². The molecule has 0 aliphatic carbocycles. The van der Waals surface area contributed by atoms with Gasteiger partial charge in [-0.15, -0.1) is 0 Å². The van der Waals surface area contributed by atoms with Gasteiger partial charge < -0.3 is 30.5 Å². The Labute approximate surface area is 279 Å². The Hall–Kier alpha value is -4.53. The standard InChI is InChI=1S/C38H51N3O6/c1-8-9-10-11-12-22-41(36(45)31(39-37(46)47-38(5,6)7)24-28-16-19-30(42)20-17-28)34(29-18-21-32(43)27(4)23-29)35(44)40-33-25(2)14-13-15-26(33)3/h13-21,23,31,34,42-43H,8-12,22,24H2,1-7H3,(H,39,46)(H,40,44). The van der Waals surface area contributed by atoms with Gasteiger partial charge in [0, 0.05) is 18.7 Å². The van der Waals surface area contributed by atoms with Crippen LogP contribution in [0.2, 0.25) is 0 Å². The molecule has 3 rings (SSSR count). The normalized spacial score (nSPS) is 12.6. The summed E-state index contributed by atoms with van der Waals surface area (Å²) >= 11 is 0. The Bertz CT molecular complexity index is 1490. The van der Waals surface area contributed by atoms with Gasteiger partial charge >= 0.3 is 6.09 Å². The lowest BCUT2D eigenvalue weighted by atomic mass is 9.97. The molecular weight excluding hydrogens is 594 g/mol. The predicted molar refractivity (Wildman–Crippen MR) is 186 cm³/mol.